The van der Waals surface area contributed by atoms with Gasteiger partial charge in [-0.15, -0.1) is 0 Å². The first-order chi connectivity index (χ1) is 9.37. The molecule has 5 nitrogen and oxygen atoms in total. The molecule has 0 spiro atoms. The van der Waals surface area contributed by atoms with E-state index in [1.165, 1.54) is 6.07 Å². The minimum absolute atomic E-state index is 0.0438. The van der Waals surface area contributed by atoms with Crippen LogP contribution in [-0.4, -0.2) is 50.1 Å². The molecule has 2 rings (SSSR count). The van der Waals surface area contributed by atoms with Crippen LogP contribution in [0.2, 0.25) is 0 Å². The number of thioether (sulfide) groups is 1. The summed E-state index contributed by atoms with van der Waals surface area (Å²) in [6, 6.07) is 3.45. The third-order valence-corrected chi connectivity index (χ3v) is 4.34. The molecule has 0 unspecified atom stereocenters. The van der Waals surface area contributed by atoms with Gasteiger partial charge in [0.2, 0.25) is 10.0 Å². The number of rotatable bonds is 3. The minimum Gasteiger partial charge on any atom is -0.337 e. The van der Waals surface area contributed by atoms with Crippen molar-refractivity contribution in [3.8, 4) is 0 Å². The highest BCUT2D eigenvalue weighted by atomic mass is 32.2. The fourth-order valence-electron chi connectivity index (χ4n) is 1.92. The first kappa shape index (κ1) is 15.1. The Hall–Kier alpha value is -1.28. The number of carbonyl (C=O) groups excluding carboxylic acids is 1. The summed E-state index contributed by atoms with van der Waals surface area (Å²) < 4.78 is 38.2. The molecule has 1 aromatic rings. The van der Waals surface area contributed by atoms with Gasteiger partial charge >= 0.3 is 0 Å². The van der Waals surface area contributed by atoms with E-state index in [1.807, 2.05) is 0 Å². The van der Waals surface area contributed by atoms with Crippen molar-refractivity contribution in [1.82, 2.24) is 4.90 Å². The second-order valence-corrected chi connectivity index (χ2v) is 7.44. The highest BCUT2D eigenvalue weighted by Gasteiger charge is 2.22. The molecule has 1 heterocycles. The van der Waals surface area contributed by atoms with E-state index in [4.69, 9.17) is 0 Å². The second kappa shape index (κ2) is 6.01. The van der Waals surface area contributed by atoms with Crippen LogP contribution >= 0.6 is 11.8 Å². The average molecular weight is 318 g/mol. The Kier molecular flexibility index (Phi) is 4.54. The van der Waals surface area contributed by atoms with Crippen LogP contribution in [0.1, 0.15) is 10.4 Å². The first-order valence-corrected chi connectivity index (χ1v) is 9.06. The summed E-state index contributed by atoms with van der Waals surface area (Å²) in [7, 11) is -3.52. The lowest BCUT2D eigenvalue weighted by Gasteiger charge is -2.27. The van der Waals surface area contributed by atoms with E-state index in [1.54, 1.807) is 16.7 Å². The largest absolute Gasteiger partial charge is 0.337 e. The van der Waals surface area contributed by atoms with Gasteiger partial charge in [0, 0.05) is 24.6 Å². The average Bonchev–Trinajstić information content (AvgIpc) is 2.39. The van der Waals surface area contributed by atoms with Crippen LogP contribution in [0.15, 0.2) is 18.2 Å². The fourth-order valence-corrected chi connectivity index (χ4v) is 3.40. The van der Waals surface area contributed by atoms with Gasteiger partial charge < -0.3 is 4.90 Å². The van der Waals surface area contributed by atoms with E-state index in [2.05, 4.69) is 4.72 Å². The molecule has 1 aromatic carbocycles. The normalized spacial score (nSPS) is 16.0. The smallest absolute Gasteiger partial charge is 0.256 e. The van der Waals surface area contributed by atoms with E-state index in [0.717, 1.165) is 29.9 Å². The SMILES string of the molecule is CS(=O)(=O)Nc1ccc(F)cc1C(=O)N1CCSCC1. The summed E-state index contributed by atoms with van der Waals surface area (Å²) in [5, 5.41) is 0. The Labute approximate surface area is 121 Å². The van der Waals surface area contributed by atoms with E-state index < -0.39 is 15.8 Å². The fraction of sp³-hybridized carbons (Fsp3) is 0.417. The lowest BCUT2D eigenvalue weighted by atomic mass is 10.1. The van der Waals surface area contributed by atoms with Crippen LogP contribution < -0.4 is 4.72 Å². The van der Waals surface area contributed by atoms with Crippen molar-refractivity contribution in [2.75, 3.05) is 35.6 Å². The van der Waals surface area contributed by atoms with Gasteiger partial charge in [-0.05, 0) is 18.2 Å². The Balaban J connectivity index is 2.33. The van der Waals surface area contributed by atoms with Crippen molar-refractivity contribution in [1.29, 1.82) is 0 Å². The molecule has 0 atom stereocenters. The molecule has 1 aliphatic rings. The number of nitrogens with one attached hydrogen (secondary N) is 1. The van der Waals surface area contributed by atoms with Crippen molar-refractivity contribution in [2.45, 2.75) is 0 Å². The second-order valence-electron chi connectivity index (χ2n) is 4.47. The molecule has 0 bridgehead atoms. The number of hydrogen-bond donors (Lipinski definition) is 1. The number of anilines is 1. The summed E-state index contributed by atoms with van der Waals surface area (Å²) in [6.07, 6.45) is 0.988. The molecular formula is C12H15FN2O3S2. The molecule has 20 heavy (non-hydrogen) atoms. The van der Waals surface area contributed by atoms with Gasteiger partial charge in [0.05, 0.1) is 17.5 Å². The Morgan fingerprint density at radius 1 is 1.35 bits per heavy atom. The van der Waals surface area contributed by atoms with Gasteiger partial charge in [-0.2, -0.15) is 11.8 Å². The van der Waals surface area contributed by atoms with E-state index in [9.17, 15) is 17.6 Å². The summed E-state index contributed by atoms with van der Waals surface area (Å²) in [4.78, 5) is 14.0. The highest BCUT2D eigenvalue weighted by molar-refractivity contribution is 7.99. The molecule has 8 heteroatoms. The zero-order chi connectivity index (χ0) is 14.8. The van der Waals surface area contributed by atoms with Crippen LogP contribution in [0.25, 0.3) is 0 Å². The monoisotopic (exact) mass is 318 g/mol. The lowest BCUT2D eigenvalue weighted by molar-refractivity contribution is 0.0773. The van der Waals surface area contributed by atoms with Crippen LogP contribution in [0.5, 0.6) is 0 Å². The number of benzene rings is 1. The Morgan fingerprint density at radius 2 is 2.00 bits per heavy atom. The van der Waals surface area contributed by atoms with Crippen LogP contribution in [0.3, 0.4) is 0 Å². The maximum absolute atomic E-state index is 13.4. The summed E-state index contributed by atoms with van der Waals surface area (Å²) in [6.45, 7) is 1.16. The molecule has 0 aromatic heterocycles. The van der Waals surface area contributed by atoms with Crippen molar-refractivity contribution < 1.29 is 17.6 Å². The summed E-state index contributed by atoms with van der Waals surface area (Å²) >= 11 is 1.75. The number of carbonyl (C=O) groups is 1. The van der Waals surface area contributed by atoms with Crippen molar-refractivity contribution in [2.24, 2.45) is 0 Å². The molecule has 0 aliphatic carbocycles. The van der Waals surface area contributed by atoms with Crippen molar-refractivity contribution >= 4 is 33.4 Å². The number of hydrogen-bond acceptors (Lipinski definition) is 4. The van der Waals surface area contributed by atoms with Gasteiger partial charge in [0.1, 0.15) is 5.82 Å². The standard InChI is InChI=1S/C12H15FN2O3S2/c1-20(17,18)14-11-3-2-9(13)8-10(11)12(16)15-4-6-19-7-5-15/h2-3,8,14H,4-7H2,1H3. The lowest BCUT2D eigenvalue weighted by Crippen LogP contribution is -2.38. The summed E-state index contributed by atoms with van der Waals surface area (Å²) in [5.74, 6) is 0.737. The van der Waals surface area contributed by atoms with Gasteiger partial charge in [0.15, 0.2) is 0 Å². The van der Waals surface area contributed by atoms with E-state index in [-0.39, 0.29) is 17.2 Å². The molecule has 1 N–H and O–H groups in total. The van der Waals surface area contributed by atoms with Gasteiger partial charge in [-0.25, -0.2) is 12.8 Å². The van der Waals surface area contributed by atoms with Crippen LogP contribution in [0, 0.1) is 5.82 Å². The third kappa shape index (κ3) is 3.86. The summed E-state index contributed by atoms with van der Waals surface area (Å²) in [5.41, 5.74) is 0.152. The maximum Gasteiger partial charge on any atom is 0.256 e. The molecule has 1 fully saturated rings. The molecule has 1 saturated heterocycles. The minimum atomic E-state index is -3.52. The quantitative estimate of drug-likeness (QED) is 0.914. The molecule has 1 amide bonds. The number of halogens is 1. The molecular weight excluding hydrogens is 303 g/mol. The Bertz CT molecular complexity index is 613. The molecule has 0 saturated carbocycles. The molecule has 0 radical (unpaired) electrons. The third-order valence-electron chi connectivity index (χ3n) is 2.81. The Morgan fingerprint density at radius 3 is 2.60 bits per heavy atom. The van der Waals surface area contributed by atoms with E-state index in [0.29, 0.717) is 13.1 Å². The van der Waals surface area contributed by atoms with Crippen molar-refractivity contribution in [3.05, 3.63) is 29.6 Å². The van der Waals surface area contributed by atoms with Gasteiger partial charge in [-0.1, -0.05) is 0 Å². The first-order valence-electron chi connectivity index (χ1n) is 6.01. The van der Waals surface area contributed by atoms with Crippen molar-refractivity contribution in [3.63, 3.8) is 0 Å². The van der Waals surface area contributed by atoms with Gasteiger partial charge in [-0.3, -0.25) is 9.52 Å². The van der Waals surface area contributed by atoms with Crippen LogP contribution in [0.4, 0.5) is 10.1 Å². The zero-order valence-corrected chi connectivity index (χ0v) is 12.6. The predicted molar refractivity (Wildman–Crippen MR) is 78.1 cm³/mol. The molecule has 1 aliphatic heterocycles. The number of nitrogens with zero attached hydrogens (tertiary/aromatic N) is 1. The predicted octanol–water partition coefficient (Wildman–Crippen LogP) is 1.39. The van der Waals surface area contributed by atoms with E-state index >= 15 is 0 Å². The number of amides is 1. The topological polar surface area (TPSA) is 66.5 Å². The van der Waals surface area contributed by atoms with Gasteiger partial charge in [0.25, 0.3) is 5.91 Å². The number of sulfonamides is 1. The highest BCUT2D eigenvalue weighted by Crippen LogP contribution is 2.21. The molecule has 110 valence electrons. The van der Waals surface area contributed by atoms with Crippen LogP contribution in [-0.2, 0) is 10.0 Å². The zero-order valence-electron chi connectivity index (χ0n) is 10.9. The maximum atomic E-state index is 13.4.